The lowest BCUT2D eigenvalue weighted by atomic mass is 10.2. The Morgan fingerprint density at radius 1 is 1.28 bits per heavy atom. The van der Waals surface area contributed by atoms with Crippen LogP contribution in [0.4, 0.5) is 5.82 Å². The lowest BCUT2D eigenvalue weighted by molar-refractivity contribution is -0.0872. The van der Waals surface area contributed by atoms with Gasteiger partial charge in [0.15, 0.2) is 0 Å². The van der Waals surface area contributed by atoms with E-state index in [1.54, 1.807) is 0 Å². The summed E-state index contributed by atoms with van der Waals surface area (Å²) >= 11 is 6.13. The Balaban J connectivity index is 2.05. The summed E-state index contributed by atoms with van der Waals surface area (Å²) in [5.74, 6) is -0.122. The number of aliphatic hydroxyl groups excluding tert-OH is 1. The Bertz CT molecular complexity index is 966. The number of halogens is 1. The van der Waals surface area contributed by atoms with E-state index in [-0.39, 0.29) is 12.2 Å². The number of ether oxygens (including phenoxy) is 1. The molecule has 0 aromatic carbocycles. The lowest BCUT2D eigenvalue weighted by Gasteiger charge is -2.26. The van der Waals surface area contributed by atoms with E-state index in [1.807, 2.05) is 0 Å². The zero-order valence-electron chi connectivity index (χ0n) is 13.9. The van der Waals surface area contributed by atoms with Crippen LogP contribution in [0, 0.1) is 0 Å². The number of rotatable bonds is 8. The predicted molar refractivity (Wildman–Crippen MR) is 92.0 cm³/mol. The van der Waals surface area contributed by atoms with Crippen LogP contribution in [0.1, 0.15) is 6.42 Å². The predicted octanol–water partition coefficient (Wildman–Crippen LogP) is -0.832. The number of alkyl halides is 1. The van der Waals surface area contributed by atoms with Gasteiger partial charge in [0.1, 0.15) is 11.9 Å². The molecular weight excluding hydrogens is 486 g/mol. The van der Waals surface area contributed by atoms with Crippen LogP contribution in [0.2, 0.25) is 0 Å². The minimum atomic E-state index is -5.68. The minimum absolute atomic E-state index is 0.122. The number of nitrogens with zero attached hydrogens (tertiary/aromatic N) is 2. The summed E-state index contributed by atoms with van der Waals surface area (Å²) in [7, 11) is -16.6. The molecule has 0 spiro atoms. The fourth-order valence-corrected chi connectivity index (χ4v) is 5.60. The van der Waals surface area contributed by atoms with E-state index in [4.69, 9.17) is 36.8 Å². The Morgan fingerprint density at radius 2 is 1.90 bits per heavy atom. The van der Waals surface area contributed by atoms with Crippen molar-refractivity contribution >= 4 is 40.9 Å². The number of hydrogen-bond acceptors (Lipinski definition) is 11. The lowest BCUT2D eigenvalue weighted by Crippen LogP contribution is -2.44. The van der Waals surface area contributed by atoms with Crippen molar-refractivity contribution in [2.24, 2.45) is 0 Å². The number of nitrogens with two attached hydrogens (primary N) is 1. The van der Waals surface area contributed by atoms with Gasteiger partial charge >= 0.3 is 29.2 Å². The number of phosphoric ester groups is 1. The molecule has 0 radical (unpaired) electrons. The minimum Gasteiger partial charge on any atom is -0.387 e. The third-order valence-corrected chi connectivity index (χ3v) is 7.55. The van der Waals surface area contributed by atoms with Gasteiger partial charge in [-0.05, 0) is 6.07 Å². The van der Waals surface area contributed by atoms with E-state index in [1.165, 1.54) is 6.07 Å². The largest absolute Gasteiger partial charge is 0.490 e. The van der Waals surface area contributed by atoms with Gasteiger partial charge in [-0.1, -0.05) is 11.6 Å². The molecule has 0 bridgehead atoms. The van der Waals surface area contributed by atoms with Crippen LogP contribution in [0.5, 0.6) is 0 Å². The first kappa shape index (κ1) is 24.6. The van der Waals surface area contributed by atoms with Gasteiger partial charge in [0.05, 0.1) is 12.7 Å². The van der Waals surface area contributed by atoms with Crippen molar-refractivity contribution in [1.29, 1.82) is 0 Å². The summed E-state index contributed by atoms with van der Waals surface area (Å²) in [5.41, 5.74) is 4.38. The van der Waals surface area contributed by atoms with E-state index < -0.39 is 53.2 Å². The molecule has 1 fully saturated rings. The van der Waals surface area contributed by atoms with Gasteiger partial charge in [0, 0.05) is 12.6 Å². The second-order valence-electron chi connectivity index (χ2n) is 5.49. The smallest absolute Gasteiger partial charge is 0.387 e. The molecule has 1 aromatic heterocycles. The number of nitrogen functional groups attached to an aromatic ring is 1. The quantitative estimate of drug-likeness (QED) is 0.188. The van der Waals surface area contributed by atoms with Crippen LogP contribution >= 0.6 is 35.1 Å². The fraction of sp³-hybridized carbons (Fsp3) is 0.556. The molecule has 1 aromatic rings. The molecule has 2 rings (SSSR count). The Hall–Kier alpha value is -0.700. The zero-order valence-corrected chi connectivity index (χ0v) is 17.4. The Morgan fingerprint density at radius 3 is 2.45 bits per heavy atom. The van der Waals surface area contributed by atoms with Crippen molar-refractivity contribution in [3.8, 4) is 0 Å². The highest BCUT2D eigenvalue weighted by molar-refractivity contribution is 7.66. The molecule has 166 valence electrons. The molecule has 1 saturated heterocycles. The van der Waals surface area contributed by atoms with Crippen molar-refractivity contribution < 1.29 is 56.3 Å². The first-order chi connectivity index (χ1) is 13.0. The van der Waals surface area contributed by atoms with Gasteiger partial charge in [-0.15, -0.1) is 0 Å². The number of aliphatic hydroxyl groups is 1. The summed E-state index contributed by atoms with van der Waals surface area (Å²) < 4.78 is 51.0. The first-order valence-electron chi connectivity index (χ1n) is 7.22. The van der Waals surface area contributed by atoms with Crippen LogP contribution in [-0.2, 0) is 36.8 Å². The summed E-state index contributed by atoms with van der Waals surface area (Å²) in [6.45, 7) is -0.855. The monoisotopic (exact) mass is 501 g/mol. The Labute approximate surface area is 166 Å². The van der Waals surface area contributed by atoms with E-state index in [0.29, 0.717) is 4.57 Å². The molecule has 29 heavy (non-hydrogen) atoms. The topological polar surface area (TPSA) is 250 Å². The summed E-state index contributed by atoms with van der Waals surface area (Å²) in [6.07, 6.45) is -1.99. The van der Waals surface area contributed by atoms with Gasteiger partial charge in [0.2, 0.25) is 0 Å². The molecule has 2 unspecified atom stereocenters. The summed E-state index contributed by atoms with van der Waals surface area (Å²) in [4.78, 5) is 50.7. The van der Waals surface area contributed by atoms with E-state index in [2.05, 4.69) is 18.1 Å². The normalized spacial score (nSPS) is 29.3. The van der Waals surface area contributed by atoms with Crippen LogP contribution in [0.25, 0.3) is 0 Å². The third-order valence-electron chi connectivity index (χ3n) is 3.22. The van der Waals surface area contributed by atoms with Gasteiger partial charge in [0.25, 0.3) is 5.18 Å². The second-order valence-corrected chi connectivity index (χ2v) is 10.5. The summed E-state index contributed by atoms with van der Waals surface area (Å²) in [5, 5.41) is 7.96. The van der Waals surface area contributed by atoms with Crippen molar-refractivity contribution in [1.82, 2.24) is 9.55 Å². The van der Waals surface area contributed by atoms with Crippen LogP contribution in [0.3, 0.4) is 0 Å². The third kappa shape index (κ3) is 6.64. The van der Waals surface area contributed by atoms with E-state index in [0.717, 1.165) is 6.20 Å². The van der Waals surface area contributed by atoms with E-state index in [9.17, 15) is 28.5 Å². The molecule has 0 amide bonds. The standard InChI is InChI=1S/C9H15ClN3O13P3/c10-9(13-2-1-7(11)12-8(13)15)6(14)3-5(24-9)4-23-28(19,20)26-29(21,22)25-27(16,17)18/h1-2,5-6,14H,3-4H2,(H,19,20)(H,21,22)(H2,11,12,15)(H2,16,17,18)/t5-,6+,9-/m0/s1. The number of phosphoric acid groups is 3. The zero-order chi connectivity index (χ0) is 22.3. The molecule has 2 heterocycles. The highest BCUT2D eigenvalue weighted by Gasteiger charge is 2.50. The molecule has 20 heteroatoms. The van der Waals surface area contributed by atoms with Crippen LogP contribution < -0.4 is 11.4 Å². The second kappa shape index (κ2) is 8.44. The molecule has 1 aliphatic heterocycles. The van der Waals surface area contributed by atoms with Crippen LogP contribution in [0.15, 0.2) is 17.1 Å². The molecule has 16 nitrogen and oxygen atoms in total. The van der Waals surface area contributed by atoms with E-state index >= 15 is 0 Å². The molecule has 0 aliphatic carbocycles. The number of hydrogen-bond donors (Lipinski definition) is 6. The van der Waals surface area contributed by atoms with Gasteiger partial charge in [-0.25, -0.2) is 18.5 Å². The average molecular weight is 502 g/mol. The molecule has 0 saturated carbocycles. The van der Waals surface area contributed by atoms with Crippen molar-refractivity contribution in [2.75, 3.05) is 12.3 Å². The molecule has 7 N–H and O–H groups in total. The highest BCUT2D eigenvalue weighted by Crippen LogP contribution is 2.66. The van der Waals surface area contributed by atoms with Crippen LogP contribution in [-0.4, -0.2) is 53.0 Å². The maximum atomic E-state index is 11.9. The SMILES string of the molecule is Nc1ccn([C@]2(Cl)O[C@H](COP(=O)(O)OP(=O)(O)OP(=O)(O)O)C[C@H]2O)c(=O)n1. The molecule has 1 aliphatic rings. The highest BCUT2D eigenvalue weighted by atomic mass is 35.5. The maximum Gasteiger partial charge on any atom is 0.490 e. The number of anilines is 1. The Kier molecular flexibility index (Phi) is 7.15. The summed E-state index contributed by atoms with van der Waals surface area (Å²) in [6, 6.07) is 1.20. The van der Waals surface area contributed by atoms with Gasteiger partial charge in [-0.3, -0.25) is 9.09 Å². The molecular formula is C9H15ClN3O13P3. The number of aromatic nitrogens is 2. The van der Waals surface area contributed by atoms with Crippen molar-refractivity contribution in [3.05, 3.63) is 22.7 Å². The molecule has 5 atom stereocenters. The average Bonchev–Trinajstić information content (AvgIpc) is 2.77. The van der Waals surface area contributed by atoms with Crippen molar-refractivity contribution in [2.45, 2.75) is 23.8 Å². The fourth-order valence-electron chi connectivity index (χ4n) is 2.20. The van der Waals surface area contributed by atoms with Gasteiger partial charge in [-0.2, -0.15) is 13.6 Å². The van der Waals surface area contributed by atoms with Crippen molar-refractivity contribution in [3.63, 3.8) is 0 Å². The van der Waals surface area contributed by atoms with Gasteiger partial charge < -0.3 is 35.2 Å². The first-order valence-corrected chi connectivity index (χ1v) is 12.1. The maximum absolute atomic E-state index is 11.9.